The Morgan fingerprint density at radius 1 is 1.40 bits per heavy atom. The minimum Gasteiger partial charge on any atom is -0.467 e. The molecule has 0 aliphatic heterocycles. The van der Waals surface area contributed by atoms with Crippen molar-refractivity contribution in [3.63, 3.8) is 0 Å². The fourth-order valence-corrected chi connectivity index (χ4v) is 1.16. The molecule has 0 fully saturated rings. The van der Waals surface area contributed by atoms with Crippen molar-refractivity contribution in [1.82, 2.24) is 0 Å². The molecule has 1 aromatic carbocycles. The summed E-state index contributed by atoms with van der Waals surface area (Å²) in [4.78, 5) is 11.0. The van der Waals surface area contributed by atoms with Gasteiger partial charge in [-0.25, -0.2) is 4.79 Å². The maximum atomic E-state index is 11.0. The Balaban J connectivity index is 2.43. The SMILES string of the molecule is COC(=O)C(C)OCc1ccc(Cl)cc1. The number of rotatable bonds is 4. The third-order valence-electron chi connectivity index (χ3n) is 1.95. The second-order valence-corrected chi connectivity index (χ2v) is 3.54. The Kier molecular flexibility index (Phi) is 4.59. The van der Waals surface area contributed by atoms with Crippen LogP contribution in [0.5, 0.6) is 0 Å². The van der Waals surface area contributed by atoms with Crippen LogP contribution in [0.15, 0.2) is 24.3 Å². The highest BCUT2D eigenvalue weighted by Crippen LogP contribution is 2.11. The van der Waals surface area contributed by atoms with Crippen LogP contribution in [0.1, 0.15) is 12.5 Å². The van der Waals surface area contributed by atoms with Crippen molar-refractivity contribution >= 4 is 17.6 Å². The van der Waals surface area contributed by atoms with Crippen LogP contribution in [0, 0.1) is 0 Å². The lowest BCUT2D eigenvalue weighted by molar-refractivity contribution is -0.153. The first-order chi connectivity index (χ1) is 7.13. The topological polar surface area (TPSA) is 35.5 Å². The third kappa shape index (κ3) is 3.90. The lowest BCUT2D eigenvalue weighted by Crippen LogP contribution is -2.21. The molecule has 1 aromatic rings. The number of carbonyl (C=O) groups excluding carboxylic acids is 1. The zero-order chi connectivity index (χ0) is 11.3. The Labute approximate surface area is 93.9 Å². The summed E-state index contributed by atoms with van der Waals surface area (Å²) in [5.41, 5.74) is 0.968. The fraction of sp³-hybridized carbons (Fsp3) is 0.364. The van der Waals surface area contributed by atoms with Gasteiger partial charge in [0.05, 0.1) is 13.7 Å². The normalized spacial score (nSPS) is 12.2. The minimum absolute atomic E-state index is 0.368. The van der Waals surface area contributed by atoms with Crippen molar-refractivity contribution in [2.45, 2.75) is 19.6 Å². The van der Waals surface area contributed by atoms with Gasteiger partial charge in [0.2, 0.25) is 0 Å². The average Bonchev–Trinajstić information content (AvgIpc) is 2.26. The molecule has 0 heterocycles. The van der Waals surface area contributed by atoms with Gasteiger partial charge in [0.15, 0.2) is 6.10 Å². The molecular weight excluding hydrogens is 216 g/mol. The maximum absolute atomic E-state index is 11.0. The van der Waals surface area contributed by atoms with E-state index in [1.54, 1.807) is 19.1 Å². The Morgan fingerprint density at radius 3 is 2.53 bits per heavy atom. The summed E-state index contributed by atoms with van der Waals surface area (Å²) >= 11 is 5.73. The highest BCUT2D eigenvalue weighted by atomic mass is 35.5. The van der Waals surface area contributed by atoms with Crippen LogP contribution in [-0.4, -0.2) is 19.2 Å². The second kappa shape index (κ2) is 5.73. The summed E-state index contributed by atoms with van der Waals surface area (Å²) in [5, 5.41) is 0.680. The molecule has 0 bridgehead atoms. The van der Waals surface area contributed by atoms with Gasteiger partial charge in [-0.15, -0.1) is 0 Å². The number of hydrogen-bond acceptors (Lipinski definition) is 3. The molecule has 82 valence electrons. The molecule has 15 heavy (non-hydrogen) atoms. The zero-order valence-corrected chi connectivity index (χ0v) is 9.45. The van der Waals surface area contributed by atoms with Gasteiger partial charge in [0, 0.05) is 5.02 Å². The first-order valence-corrected chi connectivity index (χ1v) is 4.95. The molecule has 4 heteroatoms. The van der Waals surface area contributed by atoms with Crippen molar-refractivity contribution in [1.29, 1.82) is 0 Å². The van der Waals surface area contributed by atoms with Gasteiger partial charge in [-0.1, -0.05) is 23.7 Å². The van der Waals surface area contributed by atoms with E-state index in [4.69, 9.17) is 16.3 Å². The fourth-order valence-electron chi connectivity index (χ4n) is 1.04. The molecule has 0 saturated heterocycles. The van der Waals surface area contributed by atoms with Crippen LogP contribution in [0.25, 0.3) is 0 Å². The third-order valence-corrected chi connectivity index (χ3v) is 2.20. The molecule has 0 radical (unpaired) electrons. The number of ether oxygens (including phenoxy) is 2. The highest BCUT2D eigenvalue weighted by Gasteiger charge is 2.12. The number of hydrogen-bond donors (Lipinski definition) is 0. The van der Waals surface area contributed by atoms with Crippen molar-refractivity contribution in [2.75, 3.05) is 7.11 Å². The van der Waals surface area contributed by atoms with E-state index in [1.165, 1.54) is 7.11 Å². The van der Waals surface area contributed by atoms with Gasteiger partial charge in [-0.05, 0) is 24.6 Å². The first kappa shape index (κ1) is 12.0. The van der Waals surface area contributed by atoms with Crippen LogP contribution in [0.3, 0.4) is 0 Å². The largest absolute Gasteiger partial charge is 0.467 e. The van der Waals surface area contributed by atoms with E-state index in [-0.39, 0.29) is 5.97 Å². The van der Waals surface area contributed by atoms with E-state index in [0.717, 1.165) is 5.56 Å². The van der Waals surface area contributed by atoms with E-state index in [0.29, 0.717) is 11.6 Å². The van der Waals surface area contributed by atoms with Crippen LogP contribution in [0.2, 0.25) is 5.02 Å². The predicted molar refractivity (Wildman–Crippen MR) is 57.7 cm³/mol. The summed E-state index contributed by atoms with van der Waals surface area (Å²) in [6, 6.07) is 7.27. The van der Waals surface area contributed by atoms with Gasteiger partial charge in [-0.2, -0.15) is 0 Å². The molecule has 0 aliphatic rings. The van der Waals surface area contributed by atoms with Crippen LogP contribution in [-0.2, 0) is 20.9 Å². The first-order valence-electron chi connectivity index (χ1n) is 4.57. The summed E-state index contributed by atoms with van der Waals surface area (Å²) < 4.78 is 9.84. The van der Waals surface area contributed by atoms with E-state index in [1.807, 2.05) is 12.1 Å². The van der Waals surface area contributed by atoms with Gasteiger partial charge in [-0.3, -0.25) is 0 Å². The average molecular weight is 229 g/mol. The van der Waals surface area contributed by atoms with Gasteiger partial charge >= 0.3 is 5.97 Å². The van der Waals surface area contributed by atoms with Gasteiger partial charge in [0.25, 0.3) is 0 Å². The van der Waals surface area contributed by atoms with Crippen molar-refractivity contribution in [3.8, 4) is 0 Å². The monoisotopic (exact) mass is 228 g/mol. The molecule has 0 aromatic heterocycles. The van der Waals surface area contributed by atoms with Crippen molar-refractivity contribution in [2.24, 2.45) is 0 Å². The molecule has 3 nitrogen and oxygen atoms in total. The Bertz CT molecular complexity index is 321. The zero-order valence-electron chi connectivity index (χ0n) is 8.70. The summed E-state index contributed by atoms with van der Waals surface area (Å²) in [5.74, 6) is -0.371. The lowest BCUT2D eigenvalue weighted by atomic mass is 10.2. The maximum Gasteiger partial charge on any atom is 0.334 e. The molecule has 0 N–H and O–H groups in total. The van der Waals surface area contributed by atoms with E-state index < -0.39 is 6.10 Å². The Morgan fingerprint density at radius 2 is 2.00 bits per heavy atom. The summed E-state index contributed by atoms with van der Waals surface area (Å²) in [6.45, 7) is 2.02. The van der Waals surface area contributed by atoms with E-state index in [9.17, 15) is 4.79 Å². The molecule has 0 saturated carbocycles. The molecule has 1 unspecified atom stereocenters. The minimum atomic E-state index is -0.550. The van der Waals surface area contributed by atoms with E-state index in [2.05, 4.69) is 4.74 Å². The molecular formula is C11H13ClO3. The molecule has 0 amide bonds. The predicted octanol–water partition coefficient (Wildman–Crippen LogP) is 2.42. The molecule has 1 atom stereocenters. The lowest BCUT2D eigenvalue weighted by Gasteiger charge is -2.10. The van der Waals surface area contributed by atoms with Crippen LogP contribution in [0.4, 0.5) is 0 Å². The summed E-state index contributed by atoms with van der Waals surface area (Å²) in [6.07, 6.45) is -0.550. The standard InChI is InChI=1S/C11H13ClO3/c1-8(11(13)14-2)15-7-9-3-5-10(12)6-4-9/h3-6,8H,7H2,1-2H3. The second-order valence-electron chi connectivity index (χ2n) is 3.10. The highest BCUT2D eigenvalue weighted by molar-refractivity contribution is 6.30. The van der Waals surface area contributed by atoms with E-state index >= 15 is 0 Å². The van der Waals surface area contributed by atoms with Gasteiger partial charge < -0.3 is 9.47 Å². The molecule has 0 spiro atoms. The smallest absolute Gasteiger partial charge is 0.334 e. The number of carbonyl (C=O) groups is 1. The quantitative estimate of drug-likeness (QED) is 0.743. The van der Waals surface area contributed by atoms with Gasteiger partial charge in [0.1, 0.15) is 0 Å². The number of benzene rings is 1. The van der Waals surface area contributed by atoms with Crippen LogP contribution < -0.4 is 0 Å². The van der Waals surface area contributed by atoms with Crippen molar-refractivity contribution in [3.05, 3.63) is 34.9 Å². The number of methoxy groups -OCH3 is 1. The number of halogens is 1. The number of esters is 1. The van der Waals surface area contributed by atoms with Crippen LogP contribution >= 0.6 is 11.6 Å². The van der Waals surface area contributed by atoms with Crippen molar-refractivity contribution < 1.29 is 14.3 Å². The Hall–Kier alpha value is -1.06. The molecule has 0 aliphatic carbocycles. The molecule has 1 rings (SSSR count). The summed E-state index contributed by atoms with van der Waals surface area (Å²) in [7, 11) is 1.34.